The van der Waals surface area contributed by atoms with E-state index in [1.54, 1.807) is 44.7 Å². The lowest BCUT2D eigenvalue weighted by atomic mass is 10.1. The van der Waals surface area contributed by atoms with E-state index >= 15 is 0 Å². The monoisotopic (exact) mass is 408 g/mol. The van der Waals surface area contributed by atoms with Gasteiger partial charge in [0.15, 0.2) is 0 Å². The number of nitrogens with one attached hydrogen (secondary N) is 2. The second-order valence-electron chi connectivity index (χ2n) is 6.56. The van der Waals surface area contributed by atoms with Crippen LogP contribution in [0.4, 0.5) is 11.4 Å². The van der Waals surface area contributed by atoms with Gasteiger partial charge in [-0.05, 0) is 42.3 Å². The fourth-order valence-electron chi connectivity index (χ4n) is 2.92. The van der Waals surface area contributed by atoms with E-state index in [0.717, 1.165) is 11.3 Å². The Morgan fingerprint density at radius 2 is 1.67 bits per heavy atom. The average Bonchev–Trinajstić information content (AvgIpc) is 3.19. The molecule has 0 saturated carbocycles. The summed E-state index contributed by atoms with van der Waals surface area (Å²) in [5.41, 5.74) is 2.18. The largest absolute Gasteiger partial charge is 0.497 e. The van der Waals surface area contributed by atoms with Gasteiger partial charge < -0.3 is 20.1 Å². The molecule has 0 aliphatic heterocycles. The number of hydrogen-bond donors (Lipinski definition) is 2. The van der Waals surface area contributed by atoms with Crippen LogP contribution in [0.25, 0.3) is 0 Å². The topological polar surface area (TPSA) is 94.5 Å². The Balaban J connectivity index is 1.48. The summed E-state index contributed by atoms with van der Waals surface area (Å²) in [7, 11) is 3.19. The number of hydrogen-bond acceptors (Lipinski definition) is 5. The quantitative estimate of drug-likeness (QED) is 0.567. The lowest BCUT2D eigenvalue weighted by Crippen LogP contribution is -2.19. The molecule has 8 heteroatoms. The molecule has 0 aliphatic carbocycles. The highest BCUT2D eigenvalue weighted by Crippen LogP contribution is 2.19. The number of para-hydroxylation sites is 1. The molecule has 0 saturated heterocycles. The maximum absolute atomic E-state index is 12.2. The number of rotatable bonds is 9. The fraction of sp³-hybridized carbons (Fsp3) is 0.227. The summed E-state index contributed by atoms with van der Waals surface area (Å²) in [6.45, 7) is 0.0309. The molecule has 0 spiro atoms. The Morgan fingerprint density at radius 3 is 2.40 bits per heavy atom. The third-order valence-electron chi connectivity index (χ3n) is 4.41. The van der Waals surface area contributed by atoms with Crippen LogP contribution in [0, 0.1) is 0 Å². The van der Waals surface area contributed by atoms with Gasteiger partial charge in [-0.3, -0.25) is 14.3 Å². The van der Waals surface area contributed by atoms with Gasteiger partial charge in [-0.2, -0.15) is 5.10 Å². The van der Waals surface area contributed by atoms with Gasteiger partial charge in [-0.1, -0.05) is 18.2 Å². The number of benzene rings is 2. The molecule has 0 aliphatic rings. The average molecular weight is 408 g/mol. The number of nitrogens with zero attached hydrogens (tertiary/aromatic N) is 2. The number of aromatic nitrogens is 2. The van der Waals surface area contributed by atoms with E-state index in [1.807, 2.05) is 24.3 Å². The molecule has 30 heavy (non-hydrogen) atoms. The molecular formula is C22H24N4O4. The summed E-state index contributed by atoms with van der Waals surface area (Å²) in [5, 5.41) is 9.71. The van der Waals surface area contributed by atoms with Gasteiger partial charge in [0.2, 0.25) is 11.8 Å². The Labute approximate surface area is 174 Å². The van der Waals surface area contributed by atoms with E-state index in [-0.39, 0.29) is 18.4 Å². The van der Waals surface area contributed by atoms with E-state index < -0.39 is 0 Å². The van der Waals surface area contributed by atoms with Crippen molar-refractivity contribution in [3.8, 4) is 11.5 Å². The van der Waals surface area contributed by atoms with Crippen molar-refractivity contribution in [3.63, 3.8) is 0 Å². The van der Waals surface area contributed by atoms with Gasteiger partial charge in [-0.15, -0.1) is 0 Å². The maximum atomic E-state index is 12.2. The lowest BCUT2D eigenvalue weighted by molar-refractivity contribution is -0.117. The van der Waals surface area contributed by atoms with Gasteiger partial charge in [0, 0.05) is 18.3 Å². The molecule has 3 rings (SSSR count). The maximum Gasteiger partial charge on any atom is 0.246 e. The molecule has 1 aromatic heterocycles. The normalized spacial score (nSPS) is 10.3. The molecular weight excluding hydrogens is 384 g/mol. The highest BCUT2D eigenvalue weighted by atomic mass is 16.5. The van der Waals surface area contributed by atoms with Crippen LogP contribution in [0.3, 0.4) is 0 Å². The number of carbonyl (C=O) groups is 2. The first-order chi connectivity index (χ1) is 14.6. The third-order valence-corrected chi connectivity index (χ3v) is 4.41. The first kappa shape index (κ1) is 20.9. The van der Waals surface area contributed by atoms with Crippen molar-refractivity contribution in [1.82, 2.24) is 9.78 Å². The standard InChI is InChI=1S/C22H24N4O4/c1-29-19-10-8-17(9-11-19)24-22(28)15-26-14-18(13-23-26)25-21(27)12-7-16-5-3-4-6-20(16)30-2/h3-6,8-11,13-14H,7,12,15H2,1-2H3,(H,24,28)(H,25,27). The van der Waals surface area contributed by atoms with Crippen LogP contribution < -0.4 is 20.1 Å². The van der Waals surface area contributed by atoms with E-state index in [4.69, 9.17) is 9.47 Å². The van der Waals surface area contributed by atoms with Gasteiger partial charge in [0.05, 0.1) is 26.1 Å². The van der Waals surface area contributed by atoms with Crippen LogP contribution in [-0.4, -0.2) is 35.8 Å². The number of carbonyl (C=O) groups excluding carboxylic acids is 2. The van der Waals surface area contributed by atoms with Crippen LogP contribution in [0.2, 0.25) is 0 Å². The molecule has 1 heterocycles. The number of aryl methyl sites for hydroxylation is 1. The zero-order valence-electron chi connectivity index (χ0n) is 16.9. The second kappa shape index (κ2) is 10.1. The summed E-state index contributed by atoms with van der Waals surface area (Å²) in [6.07, 6.45) is 4.01. The molecule has 0 unspecified atom stereocenters. The van der Waals surface area contributed by atoms with Crippen molar-refractivity contribution in [2.45, 2.75) is 19.4 Å². The minimum absolute atomic E-state index is 0.0309. The highest BCUT2D eigenvalue weighted by molar-refractivity contribution is 5.91. The summed E-state index contributed by atoms with van der Waals surface area (Å²) in [5.74, 6) is 1.12. The molecule has 0 bridgehead atoms. The molecule has 2 aromatic carbocycles. The predicted octanol–water partition coefficient (Wildman–Crippen LogP) is 3.11. The molecule has 3 aromatic rings. The van der Waals surface area contributed by atoms with Crippen molar-refractivity contribution in [3.05, 3.63) is 66.5 Å². The van der Waals surface area contributed by atoms with Crippen LogP contribution >= 0.6 is 0 Å². The molecule has 0 fully saturated rings. The van der Waals surface area contributed by atoms with E-state index in [1.165, 1.54) is 10.9 Å². The minimum atomic E-state index is -0.225. The van der Waals surface area contributed by atoms with E-state index in [0.29, 0.717) is 30.0 Å². The Morgan fingerprint density at radius 1 is 0.933 bits per heavy atom. The van der Waals surface area contributed by atoms with E-state index in [2.05, 4.69) is 15.7 Å². The lowest BCUT2D eigenvalue weighted by Gasteiger charge is -2.08. The molecule has 8 nitrogen and oxygen atoms in total. The van der Waals surface area contributed by atoms with Crippen LogP contribution in [0.5, 0.6) is 11.5 Å². The number of ether oxygens (including phenoxy) is 2. The third kappa shape index (κ3) is 5.84. The Bertz CT molecular complexity index is 998. The van der Waals surface area contributed by atoms with E-state index in [9.17, 15) is 9.59 Å². The predicted molar refractivity (Wildman–Crippen MR) is 114 cm³/mol. The summed E-state index contributed by atoms with van der Waals surface area (Å²) < 4.78 is 11.9. The number of amides is 2. The van der Waals surface area contributed by atoms with Crippen molar-refractivity contribution in [1.29, 1.82) is 0 Å². The Hall–Kier alpha value is -3.81. The number of methoxy groups -OCH3 is 2. The van der Waals surface area contributed by atoms with Crippen molar-refractivity contribution >= 4 is 23.2 Å². The smallest absolute Gasteiger partial charge is 0.246 e. The minimum Gasteiger partial charge on any atom is -0.497 e. The zero-order chi connectivity index (χ0) is 21.3. The molecule has 0 radical (unpaired) electrons. The first-order valence-corrected chi connectivity index (χ1v) is 9.45. The Kier molecular flexibility index (Phi) is 7.05. The van der Waals surface area contributed by atoms with Crippen LogP contribution in [-0.2, 0) is 22.6 Å². The van der Waals surface area contributed by atoms with Gasteiger partial charge >= 0.3 is 0 Å². The van der Waals surface area contributed by atoms with Crippen LogP contribution in [0.1, 0.15) is 12.0 Å². The highest BCUT2D eigenvalue weighted by Gasteiger charge is 2.10. The molecule has 0 atom stereocenters. The van der Waals surface area contributed by atoms with Crippen molar-refractivity contribution in [2.75, 3.05) is 24.9 Å². The van der Waals surface area contributed by atoms with Gasteiger partial charge in [-0.25, -0.2) is 0 Å². The summed E-state index contributed by atoms with van der Waals surface area (Å²) in [4.78, 5) is 24.4. The first-order valence-electron chi connectivity index (χ1n) is 9.45. The van der Waals surface area contributed by atoms with Crippen molar-refractivity contribution < 1.29 is 19.1 Å². The molecule has 156 valence electrons. The molecule has 2 N–H and O–H groups in total. The SMILES string of the molecule is COc1ccc(NC(=O)Cn2cc(NC(=O)CCc3ccccc3OC)cn2)cc1. The second-order valence-corrected chi connectivity index (χ2v) is 6.56. The number of anilines is 2. The fourth-order valence-corrected chi connectivity index (χ4v) is 2.92. The van der Waals surface area contributed by atoms with Crippen molar-refractivity contribution in [2.24, 2.45) is 0 Å². The summed E-state index contributed by atoms with van der Waals surface area (Å²) in [6, 6.07) is 14.7. The molecule has 2 amide bonds. The summed E-state index contributed by atoms with van der Waals surface area (Å²) >= 11 is 0. The van der Waals surface area contributed by atoms with Gasteiger partial charge in [0.1, 0.15) is 18.0 Å². The zero-order valence-corrected chi connectivity index (χ0v) is 16.9. The van der Waals surface area contributed by atoms with Gasteiger partial charge in [0.25, 0.3) is 0 Å². The van der Waals surface area contributed by atoms with Crippen LogP contribution in [0.15, 0.2) is 60.9 Å².